The van der Waals surface area contributed by atoms with E-state index in [1.165, 1.54) is 23.2 Å². The molecule has 1 heterocycles. The molecule has 3 N–H and O–H groups in total. The molecule has 1 aliphatic rings. The Morgan fingerprint density at radius 3 is 2.22 bits per heavy atom. The Labute approximate surface area is 327 Å². The molecule has 12 nitrogen and oxygen atoms in total. The summed E-state index contributed by atoms with van der Waals surface area (Å²) in [5.74, 6) is -0.0920. The molecular weight excluding hydrogens is 717 g/mol. The largest absolute Gasteiger partial charge is 0.411 e. The Kier molecular flexibility index (Phi) is 15.4. The summed E-state index contributed by atoms with van der Waals surface area (Å²) in [7, 11) is -2.22. The second-order valence-corrected chi connectivity index (χ2v) is 18.6. The van der Waals surface area contributed by atoms with Crippen molar-refractivity contribution in [3.63, 3.8) is 0 Å². The number of hydrogen-bond donors (Lipinski definition) is 3. The van der Waals surface area contributed by atoms with Gasteiger partial charge in [0.1, 0.15) is 6.04 Å². The van der Waals surface area contributed by atoms with Crippen LogP contribution in [-0.4, -0.2) is 83.8 Å². The van der Waals surface area contributed by atoms with Gasteiger partial charge in [0.05, 0.1) is 41.3 Å². The smallest absolute Gasteiger partial charge is 0.318 e. The number of urea groups is 1. The molecule has 3 aromatic rings. The van der Waals surface area contributed by atoms with Crippen molar-refractivity contribution in [1.29, 1.82) is 0 Å². The molecule has 0 spiro atoms. The fraction of sp³-hybridized carbons (Fsp3) is 0.524. The van der Waals surface area contributed by atoms with Crippen molar-refractivity contribution in [2.75, 3.05) is 20.1 Å². The molecule has 0 aliphatic heterocycles. The summed E-state index contributed by atoms with van der Waals surface area (Å²) in [6.07, 6.45) is 6.16. The van der Waals surface area contributed by atoms with Crippen LogP contribution in [0.1, 0.15) is 96.2 Å². The van der Waals surface area contributed by atoms with Gasteiger partial charge in [0.2, 0.25) is 15.9 Å². The number of carbonyl (C=O) groups is 2. The van der Waals surface area contributed by atoms with Gasteiger partial charge < -0.3 is 25.5 Å². The number of oxime groups is 1. The highest BCUT2D eigenvalue weighted by molar-refractivity contribution is 7.89. The van der Waals surface area contributed by atoms with Gasteiger partial charge in [-0.25, -0.2) is 13.2 Å². The number of nitrogens with zero attached hydrogens (tertiary/aromatic N) is 4. The first-order valence-corrected chi connectivity index (χ1v) is 20.6. The summed E-state index contributed by atoms with van der Waals surface area (Å²) >= 11 is 0. The molecule has 3 amide bonds. The number of aromatic nitrogens is 1. The number of rotatable bonds is 17. The average Bonchev–Trinajstić information content (AvgIpc) is 3.65. The fourth-order valence-electron chi connectivity index (χ4n) is 6.65. The summed E-state index contributed by atoms with van der Waals surface area (Å²) in [6, 6.07) is 19.9. The summed E-state index contributed by atoms with van der Waals surface area (Å²) in [5, 5.41) is 18.1. The van der Waals surface area contributed by atoms with Crippen molar-refractivity contribution < 1.29 is 28.0 Å². The number of amides is 3. The first kappa shape index (κ1) is 43.4. The maximum Gasteiger partial charge on any atom is 0.318 e. The van der Waals surface area contributed by atoms with Crippen molar-refractivity contribution in [2.24, 2.45) is 16.5 Å². The second-order valence-electron chi connectivity index (χ2n) is 16.6. The molecule has 0 bridgehead atoms. The minimum atomic E-state index is -3.88. The van der Waals surface area contributed by atoms with Gasteiger partial charge in [-0.05, 0) is 93.2 Å². The highest BCUT2D eigenvalue weighted by Gasteiger charge is 2.35. The number of hydrogen-bond acceptors (Lipinski definition) is 8. The van der Waals surface area contributed by atoms with E-state index in [-0.39, 0.29) is 35.4 Å². The van der Waals surface area contributed by atoms with Gasteiger partial charge in [0.15, 0.2) is 0 Å². The molecule has 55 heavy (non-hydrogen) atoms. The van der Waals surface area contributed by atoms with Crippen LogP contribution in [0.5, 0.6) is 0 Å². The zero-order valence-corrected chi connectivity index (χ0v) is 34.3. The van der Waals surface area contributed by atoms with Crippen molar-refractivity contribution in [2.45, 2.75) is 116 Å². The van der Waals surface area contributed by atoms with E-state index >= 15 is 0 Å². The Morgan fingerprint density at radius 2 is 1.60 bits per heavy atom. The molecule has 13 heteroatoms. The van der Waals surface area contributed by atoms with E-state index in [9.17, 15) is 18.0 Å². The van der Waals surface area contributed by atoms with Crippen LogP contribution in [0.15, 0.2) is 82.8 Å². The number of carbonyl (C=O) groups excluding carboxylic acids is 2. The lowest BCUT2D eigenvalue weighted by molar-refractivity contribution is -0.126. The van der Waals surface area contributed by atoms with Gasteiger partial charge in [-0.2, -0.15) is 4.31 Å². The third kappa shape index (κ3) is 13.7. The normalized spacial score (nSPS) is 15.3. The molecular formula is C42H60N6O6S. The maximum atomic E-state index is 14.2. The highest BCUT2D eigenvalue weighted by Crippen LogP contribution is 2.29. The van der Waals surface area contributed by atoms with Gasteiger partial charge in [-0.3, -0.25) is 9.78 Å². The summed E-state index contributed by atoms with van der Waals surface area (Å²) < 4.78 is 35.7. The predicted octanol–water partition coefficient (Wildman–Crippen LogP) is 6.76. The van der Waals surface area contributed by atoms with Crippen LogP contribution in [0.25, 0.3) is 0 Å². The van der Waals surface area contributed by atoms with Crippen LogP contribution >= 0.6 is 0 Å². The topological polar surface area (TPSA) is 154 Å². The summed E-state index contributed by atoms with van der Waals surface area (Å²) in [6.45, 7) is 12.8. The lowest BCUT2D eigenvalue weighted by Gasteiger charge is -2.34. The molecule has 1 fully saturated rings. The maximum absolute atomic E-state index is 14.2. The van der Waals surface area contributed by atoms with E-state index in [4.69, 9.17) is 9.94 Å². The van der Waals surface area contributed by atoms with E-state index in [1.54, 1.807) is 23.5 Å². The Balaban J connectivity index is 1.51. The van der Waals surface area contributed by atoms with Gasteiger partial charge >= 0.3 is 6.03 Å². The first-order chi connectivity index (χ1) is 25.9. The minimum Gasteiger partial charge on any atom is -0.411 e. The summed E-state index contributed by atoms with van der Waals surface area (Å²) in [5.41, 5.74) is 2.07. The van der Waals surface area contributed by atoms with Gasteiger partial charge in [-0.15, -0.1) is 0 Å². The van der Waals surface area contributed by atoms with Gasteiger partial charge in [-0.1, -0.05) is 87.3 Å². The monoisotopic (exact) mass is 776 g/mol. The van der Waals surface area contributed by atoms with Crippen molar-refractivity contribution in [1.82, 2.24) is 24.8 Å². The minimum absolute atomic E-state index is 0.157. The number of pyridine rings is 1. The lowest BCUT2D eigenvalue weighted by Crippen LogP contribution is -2.57. The SMILES string of the molecule is CN(Cc1cccc(COC(C)(C)C)n1)C(=O)N[C@H](C(=O)N[C@H](CCN(CC1CCCC1)S(=O)(=O)c1ccc(C=NO)cc1)Cc1ccccc1)C(C)(C)C. The number of benzene rings is 2. The van der Waals surface area contributed by atoms with Gasteiger partial charge in [0, 0.05) is 26.2 Å². The van der Waals surface area contributed by atoms with E-state index in [0.717, 1.165) is 36.9 Å². The average molecular weight is 777 g/mol. The van der Waals surface area contributed by atoms with Gasteiger partial charge in [0.25, 0.3) is 0 Å². The molecule has 0 unspecified atom stereocenters. The number of sulfonamides is 1. The summed E-state index contributed by atoms with van der Waals surface area (Å²) in [4.78, 5) is 34.1. The zero-order chi connectivity index (χ0) is 40.2. The van der Waals surface area contributed by atoms with Crippen molar-refractivity contribution in [3.8, 4) is 0 Å². The van der Waals surface area contributed by atoms with Crippen LogP contribution in [0.4, 0.5) is 4.79 Å². The zero-order valence-electron chi connectivity index (χ0n) is 33.5. The quantitative estimate of drug-likeness (QED) is 0.0778. The molecule has 1 aliphatic carbocycles. The van der Waals surface area contributed by atoms with Crippen LogP contribution in [-0.2, 0) is 39.1 Å². The Morgan fingerprint density at radius 1 is 0.945 bits per heavy atom. The van der Waals surface area contributed by atoms with Crippen LogP contribution < -0.4 is 10.6 Å². The van der Waals surface area contributed by atoms with E-state index in [1.807, 2.05) is 90.1 Å². The lowest BCUT2D eigenvalue weighted by atomic mass is 9.85. The molecule has 300 valence electrons. The molecule has 0 saturated heterocycles. The molecule has 1 saturated carbocycles. The molecule has 2 atom stereocenters. The number of ether oxygens (including phenoxy) is 1. The fourth-order valence-corrected chi connectivity index (χ4v) is 8.18. The number of nitrogens with one attached hydrogen (secondary N) is 2. The van der Waals surface area contributed by atoms with Crippen LogP contribution in [0.3, 0.4) is 0 Å². The third-order valence-corrected chi connectivity index (χ3v) is 11.6. The first-order valence-electron chi connectivity index (χ1n) is 19.2. The molecule has 4 rings (SSSR count). The third-order valence-electron chi connectivity index (χ3n) is 9.72. The van der Waals surface area contributed by atoms with Crippen molar-refractivity contribution in [3.05, 3.63) is 95.3 Å². The Hall–Kier alpha value is -4.33. The van der Waals surface area contributed by atoms with Crippen LogP contribution in [0.2, 0.25) is 0 Å². The molecule has 1 aromatic heterocycles. The van der Waals surface area contributed by atoms with E-state index < -0.39 is 33.6 Å². The van der Waals surface area contributed by atoms with Crippen molar-refractivity contribution >= 4 is 28.2 Å². The standard InChI is InChI=1S/C42H60N6O6S/c1-41(2,3)38(46-40(50)47(7)29-35-18-13-19-36(44-35)30-54-42(4,5)6)39(49)45-34(26-31-14-9-8-10-15-31)24-25-48(28-33-16-11-12-17-33)55(52,53)37-22-20-32(21-23-37)27-43-51/h8-10,13-15,18-23,27,33-34,38,51H,11-12,16-17,24-26,28-30H2,1-7H3,(H,45,49)(H,46,50)/t34-,38-/m1/s1. The second kappa shape index (κ2) is 19.5. The Bertz CT molecular complexity index is 1820. The van der Waals surface area contributed by atoms with E-state index in [2.05, 4.69) is 20.8 Å². The highest BCUT2D eigenvalue weighted by atomic mass is 32.2. The molecule has 2 aromatic carbocycles. The van der Waals surface area contributed by atoms with E-state index in [0.29, 0.717) is 37.3 Å². The van der Waals surface area contributed by atoms with Crippen LogP contribution in [0, 0.1) is 11.3 Å². The predicted molar refractivity (Wildman–Crippen MR) is 215 cm³/mol. The molecule has 0 radical (unpaired) electrons.